The van der Waals surface area contributed by atoms with E-state index in [9.17, 15) is 0 Å². The molecule has 0 saturated heterocycles. The summed E-state index contributed by atoms with van der Waals surface area (Å²) in [6.45, 7) is 9.13. The molecule has 0 fully saturated rings. The quantitative estimate of drug-likeness (QED) is 0.822. The zero-order valence-corrected chi connectivity index (χ0v) is 12.5. The second-order valence-corrected chi connectivity index (χ2v) is 5.39. The molecule has 1 rings (SSSR count). The van der Waals surface area contributed by atoms with Crippen LogP contribution in [0.4, 0.5) is 0 Å². The van der Waals surface area contributed by atoms with E-state index in [4.69, 9.17) is 4.74 Å². The standard InChI is InChI=1S/C14H22BrNO/c1-4-16-10-12-6-5-7-13(15)14(12)17-9-8-11(2)3/h5-7,11,16H,4,8-10H2,1-3H3. The Morgan fingerprint density at radius 3 is 2.76 bits per heavy atom. The first-order valence-corrected chi connectivity index (χ1v) is 7.05. The summed E-state index contributed by atoms with van der Waals surface area (Å²) in [6, 6.07) is 6.18. The van der Waals surface area contributed by atoms with Crippen molar-refractivity contribution >= 4 is 15.9 Å². The lowest BCUT2D eigenvalue weighted by Crippen LogP contribution is -2.13. The van der Waals surface area contributed by atoms with Crippen molar-refractivity contribution in [3.05, 3.63) is 28.2 Å². The predicted molar refractivity (Wildman–Crippen MR) is 76.5 cm³/mol. The molecule has 0 aromatic heterocycles. The molecule has 0 heterocycles. The summed E-state index contributed by atoms with van der Waals surface area (Å²) in [5, 5.41) is 3.33. The van der Waals surface area contributed by atoms with Gasteiger partial charge in [0, 0.05) is 12.1 Å². The van der Waals surface area contributed by atoms with Crippen LogP contribution in [0.3, 0.4) is 0 Å². The SMILES string of the molecule is CCNCc1cccc(Br)c1OCCC(C)C. The molecule has 2 nitrogen and oxygen atoms in total. The Bertz CT molecular complexity index is 339. The van der Waals surface area contributed by atoms with E-state index in [1.807, 2.05) is 12.1 Å². The number of halogens is 1. The Morgan fingerprint density at radius 2 is 2.12 bits per heavy atom. The number of rotatable bonds is 7. The first kappa shape index (κ1) is 14.5. The van der Waals surface area contributed by atoms with Gasteiger partial charge in [0.2, 0.25) is 0 Å². The van der Waals surface area contributed by atoms with Crippen LogP contribution in [0.25, 0.3) is 0 Å². The van der Waals surface area contributed by atoms with Crippen LogP contribution in [0.2, 0.25) is 0 Å². The average molecular weight is 300 g/mol. The van der Waals surface area contributed by atoms with Crippen LogP contribution >= 0.6 is 15.9 Å². The highest BCUT2D eigenvalue weighted by Crippen LogP contribution is 2.29. The number of ether oxygens (including phenoxy) is 1. The van der Waals surface area contributed by atoms with Gasteiger partial charge in [0.05, 0.1) is 11.1 Å². The number of para-hydroxylation sites is 1. The molecule has 17 heavy (non-hydrogen) atoms. The average Bonchev–Trinajstić information content (AvgIpc) is 2.29. The smallest absolute Gasteiger partial charge is 0.137 e. The predicted octanol–water partition coefficient (Wildman–Crippen LogP) is 3.98. The summed E-state index contributed by atoms with van der Waals surface area (Å²) in [6.07, 6.45) is 1.09. The first-order chi connectivity index (χ1) is 8.15. The van der Waals surface area contributed by atoms with E-state index >= 15 is 0 Å². The molecule has 0 atom stereocenters. The second-order valence-electron chi connectivity index (χ2n) is 4.54. The fraction of sp³-hybridized carbons (Fsp3) is 0.571. The summed E-state index contributed by atoms with van der Waals surface area (Å²) in [4.78, 5) is 0. The van der Waals surface area contributed by atoms with Crippen molar-refractivity contribution in [1.82, 2.24) is 5.32 Å². The number of nitrogens with one attached hydrogen (secondary N) is 1. The molecule has 96 valence electrons. The summed E-state index contributed by atoms with van der Waals surface area (Å²) < 4.78 is 6.93. The van der Waals surface area contributed by atoms with Gasteiger partial charge in [-0.05, 0) is 40.9 Å². The van der Waals surface area contributed by atoms with Gasteiger partial charge >= 0.3 is 0 Å². The van der Waals surface area contributed by atoms with Gasteiger partial charge in [-0.3, -0.25) is 0 Å². The Balaban J connectivity index is 2.66. The largest absolute Gasteiger partial charge is 0.492 e. The third kappa shape index (κ3) is 5.09. The molecule has 0 aliphatic rings. The number of hydrogen-bond acceptors (Lipinski definition) is 2. The van der Waals surface area contributed by atoms with Crippen LogP contribution in [0, 0.1) is 5.92 Å². The Labute approximate surface area is 113 Å². The maximum atomic E-state index is 5.89. The summed E-state index contributed by atoms with van der Waals surface area (Å²) in [5.41, 5.74) is 1.21. The summed E-state index contributed by atoms with van der Waals surface area (Å²) >= 11 is 3.55. The van der Waals surface area contributed by atoms with Crippen molar-refractivity contribution in [2.45, 2.75) is 33.7 Å². The molecule has 0 amide bonds. The highest BCUT2D eigenvalue weighted by molar-refractivity contribution is 9.10. The van der Waals surface area contributed by atoms with Gasteiger partial charge in [-0.2, -0.15) is 0 Å². The molecule has 0 saturated carbocycles. The van der Waals surface area contributed by atoms with Crippen molar-refractivity contribution in [2.75, 3.05) is 13.2 Å². The maximum Gasteiger partial charge on any atom is 0.137 e. The molecular formula is C14H22BrNO. The van der Waals surface area contributed by atoms with Crippen molar-refractivity contribution in [3.8, 4) is 5.75 Å². The molecule has 3 heteroatoms. The normalized spacial score (nSPS) is 10.9. The van der Waals surface area contributed by atoms with Crippen LogP contribution in [-0.2, 0) is 6.54 Å². The summed E-state index contributed by atoms with van der Waals surface area (Å²) in [5.74, 6) is 1.66. The van der Waals surface area contributed by atoms with Gasteiger partial charge in [0.1, 0.15) is 5.75 Å². The third-order valence-electron chi connectivity index (χ3n) is 2.56. The zero-order valence-electron chi connectivity index (χ0n) is 10.9. The van der Waals surface area contributed by atoms with Gasteiger partial charge in [0.15, 0.2) is 0 Å². The topological polar surface area (TPSA) is 21.3 Å². The molecule has 1 aromatic carbocycles. The van der Waals surface area contributed by atoms with E-state index in [-0.39, 0.29) is 0 Å². The molecule has 0 unspecified atom stereocenters. The van der Waals surface area contributed by atoms with Gasteiger partial charge in [-0.1, -0.05) is 32.9 Å². The van der Waals surface area contributed by atoms with Gasteiger partial charge in [-0.15, -0.1) is 0 Å². The molecule has 0 aliphatic carbocycles. The fourth-order valence-corrected chi connectivity index (χ4v) is 2.03. The van der Waals surface area contributed by atoms with Crippen LogP contribution in [0.5, 0.6) is 5.75 Å². The zero-order chi connectivity index (χ0) is 12.7. The lowest BCUT2D eigenvalue weighted by molar-refractivity contribution is 0.284. The van der Waals surface area contributed by atoms with Crippen molar-refractivity contribution in [2.24, 2.45) is 5.92 Å². The Morgan fingerprint density at radius 1 is 1.35 bits per heavy atom. The molecule has 0 spiro atoms. The van der Waals surface area contributed by atoms with E-state index in [1.54, 1.807) is 0 Å². The minimum Gasteiger partial charge on any atom is -0.492 e. The minimum absolute atomic E-state index is 0.676. The van der Waals surface area contributed by atoms with Crippen molar-refractivity contribution < 1.29 is 4.74 Å². The molecule has 1 aromatic rings. The summed E-state index contributed by atoms with van der Waals surface area (Å²) in [7, 11) is 0. The highest BCUT2D eigenvalue weighted by Gasteiger charge is 2.07. The monoisotopic (exact) mass is 299 g/mol. The first-order valence-electron chi connectivity index (χ1n) is 6.26. The third-order valence-corrected chi connectivity index (χ3v) is 3.18. The molecule has 0 bridgehead atoms. The Hall–Kier alpha value is -0.540. The van der Waals surface area contributed by atoms with Crippen LogP contribution in [0.1, 0.15) is 32.8 Å². The molecular weight excluding hydrogens is 278 g/mol. The highest BCUT2D eigenvalue weighted by atomic mass is 79.9. The lowest BCUT2D eigenvalue weighted by atomic mass is 10.1. The molecule has 1 N–H and O–H groups in total. The van der Waals surface area contributed by atoms with Crippen molar-refractivity contribution in [1.29, 1.82) is 0 Å². The van der Waals surface area contributed by atoms with Crippen LogP contribution in [0.15, 0.2) is 22.7 Å². The van der Waals surface area contributed by atoms with E-state index in [1.165, 1.54) is 5.56 Å². The van der Waals surface area contributed by atoms with E-state index in [0.29, 0.717) is 5.92 Å². The van der Waals surface area contributed by atoms with Crippen LogP contribution in [-0.4, -0.2) is 13.2 Å². The minimum atomic E-state index is 0.676. The van der Waals surface area contributed by atoms with Gasteiger partial charge in [-0.25, -0.2) is 0 Å². The Kier molecular flexibility index (Phi) is 6.60. The lowest BCUT2D eigenvalue weighted by Gasteiger charge is -2.14. The molecule has 0 aliphatic heterocycles. The maximum absolute atomic E-state index is 5.89. The van der Waals surface area contributed by atoms with E-state index in [2.05, 4.69) is 48.1 Å². The molecule has 0 radical (unpaired) electrons. The number of benzene rings is 1. The van der Waals surface area contributed by atoms with Crippen molar-refractivity contribution in [3.63, 3.8) is 0 Å². The second kappa shape index (κ2) is 7.72. The van der Waals surface area contributed by atoms with E-state index in [0.717, 1.165) is 36.3 Å². The van der Waals surface area contributed by atoms with E-state index < -0.39 is 0 Å². The van der Waals surface area contributed by atoms with Gasteiger partial charge in [0.25, 0.3) is 0 Å². The van der Waals surface area contributed by atoms with Gasteiger partial charge < -0.3 is 10.1 Å². The van der Waals surface area contributed by atoms with Crippen LogP contribution < -0.4 is 10.1 Å². The number of hydrogen-bond donors (Lipinski definition) is 1. The fourth-order valence-electron chi connectivity index (χ4n) is 1.51.